The fraction of sp³-hybridized carbons (Fsp3) is 0.0769. The zero-order chi connectivity index (χ0) is 13.4. The largest absolute Gasteiger partial charge is 0.476 e. The van der Waals surface area contributed by atoms with Crippen molar-refractivity contribution < 1.29 is 9.90 Å². The molecule has 3 rings (SSSR count). The van der Waals surface area contributed by atoms with Crippen LogP contribution in [0.25, 0.3) is 16.6 Å². The zero-order valence-corrected chi connectivity index (χ0v) is 10.1. The number of benzene rings is 1. The fourth-order valence-electron chi connectivity index (χ4n) is 1.95. The number of fused-ring (bicyclic) bond motifs is 1. The highest BCUT2D eigenvalue weighted by molar-refractivity contribution is 5.88. The first-order chi connectivity index (χ1) is 9.15. The van der Waals surface area contributed by atoms with Gasteiger partial charge in [-0.25, -0.2) is 9.48 Å². The van der Waals surface area contributed by atoms with Gasteiger partial charge in [-0.1, -0.05) is 23.4 Å². The van der Waals surface area contributed by atoms with Crippen LogP contribution in [0, 0.1) is 6.92 Å². The predicted molar refractivity (Wildman–Crippen MR) is 68.4 cm³/mol. The molecule has 2 aromatic heterocycles. The molecule has 1 N–H and O–H groups in total. The van der Waals surface area contributed by atoms with Gasteiger partial charge in [0, 0.05) is 11.1 Å². The molecule has 6 nitrogen and oxygen atoms in total. The Labute approximate surface area is 108 Å². The molecule has 0 radical (unpaired) electrons. The smallest absolute Gasteiger partial charge is 0.358 e. The quantitative estimate of drug-likeness (QED) is 0.754. The van der Waals surface area contributed by atoms with E-state index in [0.717, 1.165) is 22.3 Å². The molecule has 0 bridgehead atoms. The molecular formula is C13H10N4O2. The first-order valence-electron chi connectivity index (χ1n) is 5.67. The highest BCUT2D eigenvalue weighted by atomic mass is 16.4. The molecule has 0 unspecified atom stereocenters. The van der Waals surface area contributed by atoms with E-state index in [0.29, 0.717) is 0 Å². The van der Waals surface area contributed by atoms with Gasteiger partial charge in [-0.05, 0) is 19.1 Å². The summed E-state index contributed by atoms with van der Waals surface area (Å²) in [4.78, 5) is 15.3. The van der Waals surface area contributed by atoms with E-state index in [2.05, 4.69) is 15.3 Å². The van der Waals surface area contributed by atoms with Gasteiger partial charge in [-0.3, -0.25) is 4.98 Å². The van der Waals surface area contributed by atoms with E-state index < -0.39 is 5.97 Å². The average Bonchev–Trinajstić information content (AvgIpc) is 2.87. The monoisotopic (exact) mass is 254 g/mol. The number of hydrogen-bond donors (Lipinski definition) is 1. The Kier molecular flexibility index (Phi) is 2.49. The molecule has 2 heterocycles. The van der Waals surface area contributed by atoms with Gasteiger partial charge >= 0.3 is 5.97 Å². The minimum absolute atomic E-state index is 0.0847. The number of carboxylic acid groups (broad SMARTS) is 1. The summed E-state index contributed by atoms with van der Waals surface area (Å²) in [5.41, 5.74) is 2.35. The highest BCUT2D eigenvalue weighted by Crippen LogP contribution is 2.21. The van der Waals surface area contributed by atoms with Crippen molar-refractivity contribution in [2.75, 3.05) is 0 Å². The van der Waals surface area contributed by atoms with Crippen molar-refractivity contribution in [2.24, 2.45) is 0 Å². The zero-order valence-electron chi connectivity index (χ0n) is 10.1. The molecule has 0 aliphatic heterocycles. The molecule has 0 aliphatic rings. The Morgan fingerprint density at radius 1 is 1.32 bits per heavy atom. The predicted octanol–water partition coefficient (Wildman–Crippen LogP) is 1.82. The number of carbonyl (C=O) groups is 1. The number of para-hydroxylation sites is 1. The molecular weight excluding hydrogens is 244 g/mol. The lowest BCUT2D eigenvalue weighted by atomic mass is 10.1. The Bertz CT molecular complexity index is 779. The third-order valence-electron chi connectivity index (χ3n) is 2.78. The number of nitrogens with zero attached hydrogens (tertiary/aromatic N) is 4. The van der Waals surface area contributed by atoms with Crippen LogP contribution < -0.4 is 0 Å². The number of aryl methyl sites for hydroxylation is 1. The molecule has 94 valence electrons. The summed E-state index contributed by atoms with van der Waals surface area (Å²) in [6.07, 6.45) is 1.39. The third-order valence-corrected chi connectivity index (χ3v) is 2.78. The Hall–Kier alpha value is -2.76. The lowest BCUT2D eigenvalue weighted by molar-refractivity contribution is 0.0690. The van der Waals surface area contributed by atoms with Gasteiger partial charge in [0.2, 0.25) is 0 Å². The maximum Gasteiger partial charge on any atom is 0.358 e. The van der Waals surface area contributed by atoms with Gasteiger partial charge in [0.25, 0.3) is 0 Å². The Morgan fingerprint density at radius 3 is 2.84 bits per heavy atom. The number of rotatable bonds is 2. The number of aromatic nitrogens is 4. The van der Waals surface area contributed by atoms with Crippen molar-refractivity contribution in [1.82, 2.24) is 20.0 Å². The Morgan fingerprint density at radius 2 is 2.11 bits per heavy atom. The van der Waals surface area contributed by atoms with Crippen molar-refractivity contribution in [3.63, 3.8) is 0 Å². The number of hydrogen-bond acceptors (Lipinski definition) is 4. The lowest BCUT2D eigenvalue weighted by Gasteiger charge is -2.06. The van der Waals surface area contributed by atoms with Crippen LogP contribution in [0.2, 0.25) is 0 Å². The van der Waals surface area contributed by atoms with Crippen LogP contribution in [-0.2, 0) is 0 Å². The molecule has 0 fully saturated rings. The van der Waals surface area contributed by atoms with Crippen LogP contribution in [0.5, 0.6) is 0 Å². The summed E-state index contributed by atoms with van der Waals surface area (Å²) in [5, 5.41) is 17.3. The summed E-state index contributed by atoms with van der Waals surface area (Å²) in [6.45, 7) is 1.88. The number of pyridine rings is 1. The SMILES string of the molecule is Cc1cc(-n2cc(C(=O)O)nn2)c2ccccc2n1. The summed E-state index contributed by atoms with van der Waals surface area (Å²) < 4.78 is 1.46. The number of aromatic carboxylic acids is 1. The average molecular weight is 254 g/mol. The first kappa shape index (κ1) is 11.3. The van der Waals surface area contributed by atoms with Crippen molar-refractivity contribution in [1.29, 1.82) is 0 Å². The second-order valence-corrected chi connectivity index (χ2v) is 4.15. The minimum atomic E-state index is -1.10. The van der Waals surface area contributed by atoms with E-state index in [1.54, 1.807) is 0 Å². The van der Waals surface area contributed by atoms with E-state index in [4.69, 9.17) is 5.11 Å². The van der Waals surface area contributed by atoms with Crippen molar-refractivity contribution in [3.05, 3.63) is 47.9 Å². The van der Waals surface area contributed by atoms with Crippen molar-refractivity contribution in [3.8, 4) is 5.69 Å². The molecule has 0 saturated heterocycles. The first-order valence-corrected chi connectivity index (χ1v) is 5.67. The molecule has 0 saturated carbocycles. The standard InChI is InChI=1S/C13H10N4O2/c1-8-6-12(9-4-2-3-5-10(9)14-8)17-7-11(13(18)19)15-16-17/h2-7H,1H3,(H,18,19). The summed E-state index contributed by atoms with van der Waals surface area (Å²) in [5.74, 6) is -1.10. The molecule has 0 aliphatic carbocycles. The van der Waals surface area contributed by atoms with Crippen LogP contribution in [0.3, 0.4) is 0 Å². The molecule has 6 heteroatoms. The molecule has 1 aromatic carbocycles. The summed E-state index contributed by atoms with van der Waals surface area (Å²) >= 11 is 0. The summed E-state index contributed by atoms with van der Waals surface area (Å²) in [7, 11) is 0. The van der Waals surface area contributed by atoms with Gasteiger partial charge in [0.15, 0.2) is 5.69 Å². The summed E-state index contributed by atoms with van der Waals surface area (Å²) in [6, 6.07) is 9.48. The Balaban J connectivity index is 2.26. The van der Waals surface area contributed by atoms with Crippen LogP contribution in [0.1, 0.15) is 16.2 Å². The van der Waals surface area contributed by atoms with Gasteiger partial charge < -0.3 is 5.11 Å². The molecule has 0 amide bonds. The molecule has 3 aromatic rings. The molecule has 0 atom stereocenters. The normalized spacial score (nSPS) is 10.8. The van der Waals surface area contributed by atoms with Gasteiger partial charge in [0.05, 0.1) is 17.4 Å². The van der Waals surface area contributed by atoms with E-state index in [1.165, 1.54) is 10.9 Å². The van der Waals surface area contributed by atoms with Crippen LogP contribution in [0.4, 0.5) is 0 Å². The number of carboxylic acids is 1. The lowest BCUT2D eigenvalue weighted by Crippen LogP contribution is -1.99. The maximum atomic E-state index is 10.8. The van der Waals surface area contributed by atoms with Crippen molar-refractivity contribution >= 4 is 16.9 Å². The third kappa shape index (κ3) is 1.93. The van der Waals surface area contributed by atoms with E-state index in [9.17, 15) is 4.79 Å². The second kappa shape index (κ2) is 4.16. The van der Waals surface area contributed by atoms with Gasteiger partial charge in [0.1, 0.15) is 0 Å². The van der Waals surface area contributed by atoms with Gasteiger partial charge in [-0.2, -0.15) is 0 Å². The minimum Gasteiger partial charge on any atom is -0.476 e. The van der Waals surface area contributed by atoms with Crippen LogP contribution >= 0.6 is 0 Å². The van der Waals surface area contributed by atoms with E-state index in [-0.39, 0.29) is 5.69 Å². The van der Waals surface area contributed by atoms with Gasteiger partial charge in [-0.15, -0.1) is 5.10 Å². The topological polar surface area (TPSA) is 80.9 Å². The van der Waals surface area contributed by atoms with Crippen LogP contribution in [0.15, 0.2) is 36.5 Å². The van der Waals surface area contributed by atoms with E-state index in [1.807, 2.05) is 37.3 Å². The van der Waals surface area contributed by atoms with Crippen molar-refractivity contribution in [2.45, 2.75) is 6.92 Å². The van der Waals surface area contributed by atoms with E-state index >= 15 is 0 Å². The molecule has 19 heavy (non-hydrogen) atoms. The second-order valence-electron chi connectivity index (χ2n) is 4.15. The molecule has 0 spiro atoms. The highest BCUT2D eigenvalue weighted by Gasteiger charge is 2.12. The van der Waals surface area contributed by atoms with Crippen LogP contribution in [-0.4, -0.2) is 31.1 Å². The maximum absolute atomic E-state index is 10.8. The fourth-order valence-corrected chi connectivity index (χ4v) is 1.95.